The van der Waals surface area contributed by atoms with Gasteiger partial charge in [0.2, 0.25) is 0 Å². The molecule has 0 saturated heterocycles. The second-order valence-electron chi connectivity index (χ2n) is 4.97. The van der Waals surface area contributed by atoms with E-state index in [4.69, 9.17) is 0 Å². The van der Waals surface area contributed by atoms with Gasteiger partial charge in [0.1, 0.15) is 0 Å². The molecule has 0 radical (unpaired) electrons. The van der Waals surface area contributed by atoms with Crippen molar-refractivity contribution in [3.05, 3.63) is 54.6 Å². The van der Waals surface area contributed by atoms with Gasteiger partial charge in [-0.25, -0.2) is 0 Å². The van der Waals surface area contributed by atoms with Crippen LogP contribution >= 0.6 is 0 Å². The molecule has 0 atom stereocenters. The number of anilines is 3. The molecule has 0 aliphatic heterocycles. The van der Waals surface area contributed by atoms with Crippen molar-refractivity contribution in [2.24, 2.45) is 0 Å². The highest BCUT2D eigenvalue weighted by Gasteiger charge is 2.44. The van der Waals surface area contributed by atoms with Crippen molar-refractivity contribution in [1.29, 1.82) is 0 Å². The molecule has 0 aliphatic rings. The lowest BCUT2D eigenvalue weighted by Gasteiger charge is -2.24. The zero-order valence-corrected chi connectivity index (χ0v) is 12.7. The number of nitrogens with zero attached hydrogens (tertiary/aromatic N) is 1. The predicted molar refractivity (Wildman–Crippen MR) is 80.8 cm³/mol. The smallest absolute Gasteiger partial charge is 0.318 e. The first-order chi connectivity index (χ1) is 12.0. The third-order valence-electron chi connectivity index (χ3n) is 3.10. The molecule has 2 aromatic carbocycles. The van der Waals surface area contributed by atoms with Crippen molar-refractivity contribution in [2.45, 2.75) is 12.4 Å². The molecular formula is C16H10F6N2O2. The van der Waals surface area contributed by atoms with Crippen LogP contribution in [0.25, 0.3) is 0 Å². The summed E-state index contributed by atoms with van der Waals surface area (Å²) in [7, 11) is 0. The fraction of sp³-hybridized carbons (Fsp3) is 0.125. The first-order valence-corrected chi connectivity index (χ1v) is 6.95. The van der Waals surface area contributed by atoms with Gasteiger partial charge in [0, 0.05) is 17.1 Å². The summed E-state index contributed by atoms with van der Waals surface area (Å²) in [6.07, 6.45) is -10.3. The number of carbonyl (C=O) groups excluding carboxylic acids is 2. The summed E-state index contributed by atoms with van der Waals surface area (Å²) in [5.74, 6) is -4.40. The van der Waals surface area contributed by atoms with Crippen molar-refractivity contribution >= 4 is 28.9 Å². The maximum absolute atomic E-state index is 12.9. The molecule has 2 amide bonds. The van der Waals surface area contributed by atoms with Gasteiger partial charge in [-0.3, -0.25) is 14.5 Å². The summed E-state index contributed by atoms with van der Waals surface area (Å²) >= 11 is 0. The van der Waals surface area contributed by atoms with Gasteiger partial charge in [-0.05, 0) is 36.4 Å². The van der Waals surface area contributed by atoms with Gasteiger partial charge in [0.25, 0.3) is 0 Å². The molecule has 0 heterocycles. The number of halogens is 6. The summed E-state index contributed by atoms with van der Waals surface area (Å²) < 4.78 is 75.3. The standard InChI is InChI=1S/C16H10F6N2O2/c17-15(18,19)13(25)23-10-6-8-12(9-7-10)24(14(26)16(20,21)22)11-4-2-1-3-5-11/h1-9H,(H,23,25). The molecule has 4 nitrogen and oxygen atoms in total. The maximum atomic E-state index is 12.9. The van der Waals surface area contributed by atoms with E-state index in [1.807, 2.05) is 0 Å². The second kappa shape index (κ2) is 7.06. The maximum Gasteiger partial charge on any atom is 0.472 e. The van der Waals surface area contributed by atoms with Crippen LogP contribution in [0.3, 0.4) is 0 Å². The van der Waals surface area contributed by atoms with E-state index in [-0.39, 0.29) is 17.1 Å². The van der Waals surface area contributed by atoms with Crippen LogP contribution in [0.1, 0.15) is 0 Å². The lowest BCUT2D eigenvalue weighted by Crippen LogP contribution is -2.38. The van der Waals surface area contributed by atoms with Crippen molar-refractivity contribution in [2.75, 3.05) is 10.2 Å². The van der Waals surface area contributed by atoms with Crippen LogP contribution in [-0.4, -0.2) is 24.2 Å². The fourth-order valence-corrected chi connectivity index (χ4v) is 1.98. The zero-order chi connectivity index (χ0) is 19.5. The average molecular weight is 376 g/mol. The number of rotatable bonds is 3. The van der Waals surface area contributed by atoms with Crippen molar-refractivity contribution < 1.29 is 35.9 Å². The van der Waals surface area contributed by atoms with E-state index in [0.29, 0.717) is 4.90 Å². The summed E-state index contributed by atoms with van der Waals surface area (Å²) in [5.41, 5.74) is -0.603. The second-order valence-corrected chi connectivity index (χ2v) is 4.97. The summed E-state index contributed by atoms with van der Waals surface area (Å²) in [6.45, 7) is 0. The molecule has 2 aromatic rings. The highest BCUT2D eigenvalue weighted by Crippen LogP contribution is 2.32. The Morgan fingerprint density at radius 2 is 1.23 bits per heavy atom. The van der Waals surface area contributed by atoms with Crippen LogP contribution in [0, 0.1) is 0 Å². The van der Waals surface area contributed by atoms with Crippen molar-refractivity contribution in [3.8, 4) is 0 Å². The van der Waals surface area contributed by atoms with Crippen LogP contribution in [0.15, 0.2) is 54.6 Å². The van der Waals surface area contributed by atoms with Gasteiger partial charge in [0.05, 0.1) is 0 Å². The van der Waals surface area contributed by atoms with E-state index in [9.17, 15) is 35.9 Å². The van der Waals surface area contributed by atoms with E-state index in [1.54, 1.807) is 5.32 Å². The molecule has 138 valence electrons. The average Bonchev–Trinajstić information content (AvgIpc) is 2.56. The van der Waals surface area contributed by atoms with Gasteiger partial charge >= 0.3 is 24.2 Å². The number of benzene rings is 2. The molecular weight excluding hydrogens is 366 g/mol. The molecule has 1 N–H and O–H groups in total. The Labute approximate surface area is 143 Å². The molecule has 2 rings (SSSR count). The van der Waals surface area contributed by atoms with E-state index >= 15 is 0 Å². The highest BCUT2D eigenvalue weighted by molar-refractivity contribution is 6.04. The topological polar surface area (TPSA) is 49.4 Å². The van der Waals surface area contributed by atoms with Crippen LogP contribution in [-0.2, 0) is 9.59 Å². The minimum atomic E-state index is -5.17. The molecule has 0 fully saturated rings. The molecule has 0 aliphatic carbocycles. The molecule has 0 aromatic heterocycles. The minimum Gasteiger partial charge on any atom is -0.318 e. The molecule has 0 spiro atoms. The third-order valence-corrected chi connectivity index (χ3v) is 3.10. The van der Waals surface area contributed by atoms with Crippen LogP contribution in [0.4, 0.5) is 43.4 Å². The Kier molecular flexibility index (Phi) is 5.24. The monoisotopic (exact) mass is 376 g/mol. The number of alkyl halides is 6. The quantitative estimate of drug-likeness (QED) is 0.807. The van der Waals surface area contributed by atoms with E-state index in [2.05, 4.69) is 0 Å². The SMILES string of the molecule is O=C(Nc1ccc(N(C(=O)C(F)(F)F)c2ccccc2)cc1)C(F)(F)F. The fourth-order valence-electron chi connectivity index (χ4n) is 1.98. The Morgan fingerprint density at radius 1 is 0.731 bits per heavy atom. The van der Waals surface area contributed by atoms with E-state index in [0.717, 1.165) is 24.3 Å². The number of para-hydroxylation sites is 1. The first-order valence-electron chi connectivity index (χ1n) is 6.95. The normalized spacial score (nSPS) is 11.8. The zero-order valence-electron chi connectivity index (χ0n) is 12.7. The molecule has 10 heteroatoms. The third kappa shape index (κ3) is 4.52. The Morgan fingerprint density at radius 3 is 1.69 bits per heavy atom. The van der Waals surface area contributed by atoms with Crippen LogP contribution in [0.2, 0.25) is 0 Å². The highest BCUT2D eigenvalue weighted by atomic mass is 19.4. The lowest BCUT2D eigenvalue weighted by atomic mass is 10.2. The Bertz CT molecular complexity index is 785. The molecule has 26 heavy (non-hydrogen) atoms. The number of amides is 2. The van der Waals surface area contributed by atoms with E-state index < -0.39 is 24.2 Å². The van der Waals surface area contributed by atoms with Gasteiger partial charge in [-0.15, -0.1) is 0 Å². The van der Waals surface area contributed by atoms with Crippen molar-refractivity contribution in [1.82, 2.24) is 0 Å². The summed E-state index contributed by atoms with van der Waals surface area (Å²) in [4.78, 5) is 23.0. The van der Waals surface area contributed by atoms with Crippen LogP contribution in [0.5, 0.6) is 0 Å². The summed E-state index contributed by atoms with van der Waals surface area (Å²) in [6, 6.07) is 10.8. The van der Waals surface area contributed by atoms with Crippen LogP contribution < -0.4 is 10.2 Å². The predicted octanol–water partition coefficient (Wildman–Crippen LogP) is 4.41. The number of nitrogens with one attached hydrogen (secondary N) is 1. The number of hydrogen-bond donors (Lipinski definition) is 1. The van der Waals surface area contributed by atoms with Crippen molar-refractivity contribution in [3.63, 3.8) is 0 Å². The number of hydrogen-bond acceptors (Lipinski definition) is 2. The molecule has 0 bridgehead atoms. The first kappa shape index (κ1) is 19.3. The largest absolute Gasteiger partial charge is 0.472 e. The van der Waals surface area contributed by atoms with Gasteiger partial charge < -0.3 is 5.32 Å². The summed E-state index contributed by atoms with van der Waals surface area (Å²) in [5, 5.41) is 1.56. The Hall–Kier alpha value is -3.04. The van der Waals surface area contributed by atoms with E-state index in [1.165, 1.54) is 30.3 Å². The van der Waals surface area contributed by atoms with Gasteiger partial charge in [-0.1, -0.05) is 18.2 Å². The van der Waals surface area contributed by atoms with Gasteiger partial charge in [-0.2, -0.15) is 26.3 Å². The Balaban J connectivity index is 2.35. The molecule has 0 saturated carbocycles. The van der Waals surface area contributed by atoms with Gasteiger partial charge in [0.15, 0.2) is 0 Å². The lowest BCUT2D eigenvalue weighted by molar-refractivity contribution is -0.169. The number of carbonyl (C=O) groups is 2. The molecule has 0 unspecified atom stereocenters. The minimum absolute atomic E-state index is 0.0816.